The molecule has 0 aliphatic heterocycles. The van der Waals surface area contributed by atoms with Crippen molar-refractivity contribution >= 4 is 17.5 Å². The lowest BCUT2D eigenvalue weighted by molar-refractivity contribution is 0.0933. The molecule has 0 spiro atoms. The summed E-state index contributed by atoms with van der Waals surface area (Å²) in [6.07, 6.45) is 9.83. The molecule has 0 atom stereocenters. The van der Waals surface area contributed by atoms with Gasteiger partial charge in [-0.1, -0.05) is 43.4 Å². The average molecular weight is 365 g/mol. The monoisotopic (exact) mass is 365 g/mol. The van der Waals surface area contributed by atoms with Crippen LogP contribution in [0.15, 0.2) is 36.7 Å². The summed E-state index contributed by atoms with van der Waals surface area (Å²) in [5, 5.41) is 5.99. The molecule has 0 unspecified atom stereocenters. The topological polar surface area (TPSA) is 71.1 Å². The van der Waals surface area contributed by atoms with Gasteiger partial charge in [0.25, 0.3) is 11.8 Å². The predicted molar refractivity (Wildman–Crippen MR) is 107 cm³/mol. The maximum absolute atomic E-state index is 12.6. The second-order valence-corrected chi connectivity index (χ2v) is 7.40. The number of carbonyl (C=O) groups excluding carboxylic acids is 2. The van der Waals surface area contributed by atoms with E-state index in [9.17, 15) is 9.59 Å². The molecule has 27 heavy (non-hydrogen) atoms. The molecule has 5 nitrogen and oxygen atoms in total. The Morgan fingerprint density at radius 1 is 0.926 bits per heavy atom. The van der Waals surface area contributed by atoms with Crippen LogP contribution in [0.25, 0.3) is 0 Å². The summed E-state index contributed by atoms with van der Waals surface area (Å²) in [6, 6.07) is 7.69. The number of rotatable bonds is 4. The Morgan fingerprint density at radius 2 is 1.59 bits per heavy atom. The van der Waals surface area contributed by atoms with Gasteiger partial charge in [0.1, 0.15) is 0 Å². The molecule has 1 aromatic carbocycles. The van der Waals surface area contributed by atoms with Gasteiger partial charge < -0.3 is 10.6 Å². The second-order valence-electron chi connectivity index (χ2n) is 7.40. The van der Waals surface area contributed by atoms with Gasteiger partial charge in [-0.25, -0.2) is 0 Å². The van der Waals surface area contributed by atoms with Gasteiger partial charge in [-0.15, -0.1) is 0 Å². The number of hydrogen-bond acceptors (Lipinski definition) is 3. The second kappa shape index (κ2) is 8.80. The van der Waals surface area contributed by atoms with Crippen LogP contribution >= 0.6 is 0 Å². The fourth-order valence-corrected chi connectivity index (χ4v) is 3.53. The first kappa shape index (κ1) is 19.1. The van der Waals surface area contributed by atoms with Crippen LogP contribution in [0.1, 0.15) is 70.4 Å². The molecule has 0 saturated heterocycles. The standard InChI is InChI=1S/C22H27N3O2/c1-15-9-10-20(16(2)11-15)25-22(27)18-12-17(13-23-14-18)21(26)24-19-7-5-3-4-6-8-19/h9-14,19H,3-8H2,1-2H3,(H,24,26)(H,25,27). The van der Waals surface area contributed by atoms with Gasteiger partial charge in [0.2, 0.25) is 0 Å². The van der Waals surface area contributed by atoms with E-state index in [2.05, 4.69) is 15.6 Å². The molecule has 5 heteroatoms. The summed E-state index contributed by atoms with van der Waals surface area (Å²) >= 11 is 0. The summed E-state index contributed by atoms with van der Waals surface area (Å²) in [5.74, 6) is -0.422. The maximum Gasteiger partial charge on any atom is 0.257 e. The quantitative estimate of drug-likeness (QED) is 0.789. The van der Waals surface area contributed by atoms with Crippen molar-refractivity contribution in [1.82, 2.24) is 10.3 Å². The molecule has 2 aromatic rings. The predicted octanol–water partition coefficient (Wildman–Crippen LogP) is 4.40. The van der Waals surface area contributed by atoms with Crippen LogP contribution in [-0.4, -0.2) is 22.8 Å². The van der Waals surface area contributed by atoms with Gasteiger partial charge in [-0.2, -0.15) is 0 Å². The highest BCUT2D eigenvalue weighted by Crippen LogP contribution is 2.19. The van der Waals surface area contributed by atoms with Gasteiger partial charge in [-0.05, 0) is 44.4 Å². The molecule has 3 rings (SSSR count). The van der Waals surface area contributed by atoms with Crippen molar-refractivity contribution in [2.45, 2.75) is 58.4 Å². The van der Waals surface area contributed by atoms with Crippen molar-refractivity contribution in [1.29, 1.82) is 0 Å². The molecular formula is C22H27N3O2. The number of aromatic nitrogens is 1. The molecule has 1 fully saturated rings. The largest absolute Gasteiger partial charge is 0.349 e. The Bertz CT molecular complexity index is 824. The summed E-state index contributed by atoms with van der Waals surface area (Å²) < 4.78 is 0. The molecule has 0 bridgehead atoms. The van der Waals surface area contributed by atoms with Crippen LogP contribution in [0.2, 0.25) is 0 Å². The molecule has 2 amide bonds. The minimum Gasteiger partial charge on any atom is -0.349 e. The van der Waals surface area contributed by atoms with Crippen molar-refractivity contribution < 1.29 is 9.59 Å². The van der Waals surface area contributed by atoms with E-state index < -0.39 is 0 Å². The molecule has 1 heterocycles. The first-order valence-corrected chi connectivity index (χ1v) is 9.67. The van der Waals surface area contributed by atoms with E-state index in [4.69, 9.17) is 0 Å². The van der Waals surface area contributed by atoms with Crippen molar-refractivity contribution in [3.63, 3.8) is 0 Å². The number of amides is 2. The number of anilines is 1. The van der Waals surface area contributed by atoms with Crippen LogP contribution in [0.4, 0.5) is 5.69 Å². The highest BCUT2D eigenvalue weighted by atomic mass is 16.2. The third-order valence-corrected chi connectivity index (χ3v) is 5.08. The number of nitrogens with one attached hydrogen (secondary N) is 2. The SMILES string of the molecule is Cc1ccc(NC(=O)c2cncc(C(=O)NC3CCCCCC3)c2)c(C)c1. The minimum absolute atomic E-state index is 0.157. The maximum atomic E-state index is 12.6. The van der Waals surface area contributed by atoms with Crippen LogP contribution in [0.5, 0.6) is 0 Å². The van der Waals surface area contributed by atoms with E-state index in [-0.39, 0.29) is 17.9 Å². The Kier molecular flexibility index (Phi) is 6.22. The molecular weight excluding hydrogens is 338 g/mol. The molecule has 1 saturated carbocycles. The lowest BCUT2D eigenvalue weighted by atomic mass is 10.1. The molecule has 142 valence electrons. The van der Waals surface area contributed by atoms with Crippen molar-refractivity contribution in [3.05, 3.63) is 58.9 Å². The van der Waals surface area contributed by atoms with E-state index in [1.165, 1.54) is 25.2 Å². The van der Waals surface area contributed by atoms with Crippen molar-refractivity contribution in [2.75, 3.05) is 5.32 Å². The van der Waals surface area contributed by atoms with E-state index in [1.807, 2.05) is 32.0 Å². The highest BCUT2D eigenvalue weighted by molar-refractivity contribution is 6.06. The van der Waals surface area contributed by atoms with E-state index in [0.29, 0.717) is 11.1 Å². The van der Waals surface area contributed by atoms with Crippen LogP contribution < -0.4 is 10.6 Å². The molecule has 1 aromatic heterocycles. The van der Waals surface area contributed by atoms with E-state index in [0.717, 1.165) is 42.5 Å². The Morgan fingerprint density at radius 3 is 2.26 bits per heavy atom. The molecule has 1 aliphatic rings. The Hall–Kier alpha value is -2.69. The van der Waals surface area contributed by atoms with E-state index >= 15 is 0 Å². The lowest BCUT2D eigenvalue weighted by Gasteiger charge is -2.16. The lowest BCUT2D eigenvalue weighted by Crippen LogP contribution is -2.34. The van der Waals surface area contributed by atoms with Crippen molar-refractivity contribution in [3.8, 4) is 0 Å². The molecule has 0 radical (unpaired) electrons. The summed E-state index contributed by atoms with van der Waals surface area (Å²) in [6.45, 7) is 3.97. The number of carbonyl (C=O) groups is 2. The van der Waals surface area contributed by atoms with E-state index in [1.54, 1.807) is 6.07 Å². The van der Waals surface area contributed by atoms with Crippen LogP contribution in [0.3, 0.4) is 0 Å². The zero-order chi connectivity index (χ0) is 19.2. The highest BCUT2D eigenvalue weighted by Gasteiger charge is 2.17. The first-order chi connectivity index (χ1) is 13.0. The summed E-state index contributed by atoms with van der Waals surface area (Å²) in [7, 11) is 0. The fraction of sp³-hybridized carbons (Fsp3) is 0.409. The third-order valence-electron chi connectivity index (χ3n) is 5.08. The van der Waals surface area contributed by atoms with Gasteiger partial charge in [0.05, 0.1) is 11.1 Å². The minimum atomic E-state index is -0.265. The number of benzene rings is 1. The van der Waals surface area contributed by atoms with Gasteiger partial charge >= 0.3 is 0 Å². The molecule has 1 aliphatic carbocycles. The number of nitrogens with zero attached hydrogens (tertiary/aromatic N) is 1. The summed E-state index contributed by atoms with van der Waals surface area (Å²) in [5.41, 5.74) is 3.71. The van der Waals surface area contributed by atoms with Gasteiger partial charge in [-0.3, -0.25) is 14.6 Å². The number of hydrogen-bond donors (Lipinski definition) is 2. The number of pyridine rings is 1. The fourth-order valence-electron chi connectivity index (χ4n) is 3.53. The summed E-state index contributed by atoms with van der Waals surface area (Å²) in [4.78, 5) is 29.2. The van der Waals surface area contributed by atoms with Crippen LogP contribution in [0, 0.1) is 13.8 Å². The van der Waals surface area contributed by atoms with Crippen molar-refractivity contribution in [2.24, 2.45) is 0 Å². The van der Waals surface area contributed by atoms with Gasteiger partial charge in [0, 0.05) is 24.1 Å². The zero-order valence-corrected chi connectivity index (χ0v) is 16.0. The zero-order valence-electron chi connectivity index (χ0n) is 16.0. The normalized spacial score (nSPS) is 15.0. The van der Waals surface area contributed by atoms with Crippen LogP contribution in [-0.2, 0) is 0 Å². The van der Waals surface area contributed by atoms with Gasteiger partial charge in [0.15, 0.2) is 0 Å². The Balaban J connectivity index is 1.68. The first-order valence-electron chi connectivity index (χ1n) is 9.67. The third kappa shape index (κ3) is 5.16. The number of aryl methyl sites for hydroxylation is 2. The average Bonchev–Trinajstić information content (AvgIpc) is 2.92. The Labute approximate surface area is 160 Å². The molecule has 2 N–H and O–H groups in total. The smallest absolute Gasteiger partial charge is 0.257 e.